The fraction of sp³-hybridized carbons (Fsp3) is 0.500. The van der Waals surface area contributed by atoms with Crippen molar-refractivity contribution < 1.29 is 9.59 Å². The molecule has 126 valence electrons. The topological polar surface area (TPSA) is 61.4 Å². The van der Waals surface area contributed by atoms with Crippen molar-refractivity contribution >= 4 is 45.0 Å². The first-order chi connectivity index (χ1) is 11.0. The first-order valence-corrected chi connectivity index (χ1v) is 8.91. The van der Waals surface area contributed by atoms with Crippen molar-refractivity contribution in [1.29, 1.82) is 0 Å². The fourth-order valence-electron chi connectivity index (χ4n) is 2.72. The third kappa shape index (κ3) is 5.48. The molecule has 1 heterocycles. The summed E-state index contributed by atoms with van der Waals surface area (Å²) in [5.41, 5.74) is 0.595. The molecule has 1 aromatic carbocycles. The van der Waals surface area contributed by atoms with Gasteiger partial charge in [0.25, 0.3) is 0 Å². The Morgan fingerprint density at radius 3 is 2.91 bits per heavy atom. The van der Waals surface area contributed by atoms with Gasteiger partial charge in [0, 0.05) is 17.6 Å². The Bertz CT molecular complexity index is 582. The number of nitrogens with one attached hydrogen (secondary N) is 2. The highest BCUT2D eigenvalue weighted by molar-refractivity contribution is 9.10. The summed E-state index contributed by atoms with van der Waals surface area (Å²) in [5, 5.41) is 6.17. The number of halogens is 2. The second-order valence-corrected chi connectivity index (χ2v) is 6.96. The Balaban J connectivity index is 1.88. The molecule has 0 radical (unpaired) electrons. The molecule has 5 nitrogen and oxygen atoms in total. The summed E-state index contributed by atoms with van der Waals surface area (Å²) in [5.74, 6) is -0.0768. The van der Waals surface area contributed by atoms with Gasteiger partial charge >= 0.3 is 0 Å². The maximum absolute atomic E-state index is 12.2. The number of carbonyl (C=O) groups is 2. The maximum Gasteiger partial charge on any atom is 0.238 e. The van der Waals surface area contributed by atoms with Crippen LogP contribution < -0.4 is 10.6 Å². The molecule has 2 amide bonds. The molecule has 1 saturated heterocycles. The molecule has 0 bridgehead atoms. The molecular formula is C16H21BrClN3O2. The normalized spacial score (nSPS) is 18.5. The molecule has 1 aliphatic rings. The van der Waals surface area contributed by atoms with Crippen LogP contribution in [-0.4, -0.2) is 42.9 Å². The molecule has 2 rings (SSSR count). The van der Waals surface area contributed by atoms with Gasteiger partial charge in [-0.25, -0.2) is 0 Å². The van der Waals surface area contributed by atoms with Gasteiger partial charge in [-0.2, -0.15) is 0 Å². The number of carbonyl (C=O) groups excluding carboxylic acids is 2. The summed E-state index contributed by atoms with van der Waals surface area (Å²) >= 11 is 9.44. The summed E-state index contributed by atoms with van der Waals surface area (Å²) in [7, 11) is 0. The SMILES string of the molecule is CCNC(=O)[C@@H]1CCCN(CC(=O)Nc2ccc(Br)cc2Cl)C1. The lowest BCUT2D eigenvalue weighted by Gasteiger charge is -2.31. The van der Waals surface area contributed by atoms with E-state index in [1.807, 2.05) is 17.9 Å². The van der Waals surface area contributed by atoms with Crippen LogP contribution in [0.25, 0.3) is 0 Å². The van der Waals surface area contributed by atoms with Crippen molar-refractivity contribution in [2.24, 2.45) is 5.92 Å². The minimum absolute atomic E-state index is 0.0345. The van der Waals surface area contributed by atoms with Crippen molar-refractivity contribution in [2.45, 2.75) is 19.8 Å². The van der Waals surface area contributed by atoms with E-state index in [2.05, 4.69) is 26.6 Å². The number of anilines is 1. The van der Waals surface area contributed by atoms with Gasteiger partial charge in [0.2, 0.25) is 11.8 Å². The van der Waals surface area contributed by atoms with E-state index < -0.39 is 0 Å². The van der Waals surface area contributed by atoms with Crippen molar-refractivity contribution in [3.8, 4) is 0 Å². The van der Waals surface area contributed by atoms with Crippen molar-refractivity contribution in [3.05, 3.63) is 27.7 Å². The number of hydrogen-bond acceptors (Lipinski definition) is 3. The first-order valence-electron chi connectivity index (χ1n) is 7.74. The highest BCUT2D eigenvalue weighted by Crippen LogP contribution is 2.25. The molecule has 0 unspecified atom stereocenters. The van der Waals surface area contributed by atoms with Crippen LogP contribution in [0.4, 0.5) is 5.69 Å². The van der Waals surface area contributed by atoms with E-state index >= 15 is 0 Å². The number of nitrogens with zero attached hydrogens (tertiary/aromatic N) is 1. The molecular weight excluding hydrogens is 382 g/mol. The van der Waals surface area contributed by atoms with E-state index in [4.69, 9.17) is 11.6 Å². The van der Waals surface area contributed by atoms with Crippen LogP contribution in [0.5, 0.6) is 0 Å². The van der Waals surface area contributed by atoms with E-state index in [9.17, 15) is 9.59 Å². The van der Waals surface area contributed by atoms with Gasteiger partial charge in [-0.05, 0) is 44.5 Å². The summed E-state index contributed by atoms with van der Waals surface area (Å²) in [4.78, 5) is 26.2. The zero-order valence-corrected chi connectivity index (χ0v) is 15.4. The lowest BCUT2D eigenvalue weighted by atomic mass is 9.97. The van der Waals surface area contributed by atoms with Crippen LogP contribution in [0, 0.1) is 5.92 Å². The Morgan fingerprint density at radius 1 is 1.43 bits per heavy atom. The number of piperidine rings is 1. The van der Waals surface area contributed by atoms with E-state index in [0.29, 0.717) is 23.8 Å². The van der Waals surface area contributed by atoms with Crippen molar-refractivity contribution in [1.82, 2.24) is 10.2 Å². The van der Waals surface area contributed by atoms with Crippen LogP contribution in [-0.2, 0) is 9.59 Å². The molecule has 1 aliphatic heterocycles. The van der Waals surface area contributed by atoms with Crippen molar-refractivity contribution in [2.75, 3.05) is 31.5 Å². The lowest BCUT2D eigenvalue weighted by Crippen LogP contribution is -2.45. The Hall–Kier alpha value is -1.11. The van der Waals surface area contributed by atoms with E-state index in [-0.39, 0.29) is 24.3 Å². The second-order valence-electron chi connectivity index (χ2n) is 5.64. The predicted octanol–water partition coefficient (Wildman–Crippen LogP) is 2.89. The summed E-state index contributed by atoms with van der Waals surface area (Å²) in [6.45, 7) is 4.26. The largest absolute Gasteiger partial charge is 0.356 e. The Kier molecular flexibility index (Phi) is 6.87. The minimum atomic E-state index is -0.120. The van der Waals surface area contributed by atoms with Gasteiger partial charge in [0.15, 0.2) is 0 Å². The highest BCUT2D eigenvalue weighted by atomic mass is 79.9. The van der Waals surface area contributed by atoms with Gasteiger partial charge in [-0.1, -0.05) is 27.5 Å². The monoisotopic (exact) mass is 401 g/mol. The Labute approximate surface area is 149 Å². The number of rotatable bonds is 5. The second kappa shape index (κ2) is 8.66. The van der Waals surface area contributed by atoms with E-state index in [1.165, 1.54) is 0 Å². The smallest absolute Gasteiger partial charge is 0.238 e. The third-order valence-electron chi connectivity index (χ3n) is 3.80. The number of likely N-dealkylation sites (tertiary alicyclic amines) is 1. The van der Waals surface area contributed by atoms with Gasteiger partial charge in [0.05, 0.1) is 23.2 Å². The standard InChI is InChI=1S/C16H21BrClN3O2/c1-2-19-16(23)11-4-3-7-21(9-11)10-15(22)20-14-6-5-12(17)8-13(14)18/h5-6,8,11H,2-4,7,9-10H2,1H3,(H,19,23)(H,20,22)/t11-/m1/s1. The quantitative estimate of drug-likeness (QED) is 0.796. The zero-order valence-electron chi connectivity index (χ0n) is 13.1. The number of amides is 2. The molecule has 7 heteroatoms. The summed E-state index contributed by atoms with van der Waals surface area (Å²) < 4.78 is 0.862. The van der Waals surface area contributed by atoms with E-state index in [0.717, 1.165) is 23.9 Å². The average molecular weight is 403 g/mol. The van der Waals surface area contributed by atoms with Crippen LogP contribution in [0.3, 0.4) is 0 Å². The Morgan fingerprint density at radius 2 is 2.22 bits per heavy atom. The van der Waals surface area contributed by atoms with E-state index in [1.54, 1.807) is 12.1 Å². The highest BCUT2D eigenvalue weighted by Gasteiger charge is 2.26. The molecule has 2 N–H and O–H groups in total. The number of benzene rings is 1. The molecule has 1 atom stereocenters. The summed E-state index contributed by atoms with van der Waals surface area (Å²) in [6.07, 6.45) is 1.80. The average Bonchev–Trinajstić information content (AvgIpc) is 2.50. The van der Waals surface area contributed by atoms with Crippen LogP contribution in [0.15, 0.2) is 22.7 Å². The number of hydrogen-bond donors (Lipinski definition) is 2. The molecule has 0 aromatic heterocycles. The molecule has 1 fully saturated rings. The van der Waals surface area contributed by atoms with Gasteiger partial charge < -0.3 is 10.6 Å². The van der Waals surface area contributed by atoms with Crippen LogP contribution in [0.2, 0.25) is 5.02 Å². The van der Waals surface area contributed by atoms with Crippen LogP contribution >= 0.6 is 27.5 Å². The zero-order chi connectivity index (χ0) is 16.8. The predicted molar refractivity (Wildman–Crippen MR) is 95.6 cm³/mol. The molecule has 23 heavy (non-hydrogen) atoms. The maximum atomic E-state index is 12.2. The van der Waals surface area contributed by atoms with Gasteiger partial charge in [0.1, 0.15) is 0 Å². The van der Waals surface area contributed by atoms with Crippen LogP contribution in [0.1, 0.15) is 19.8 Å². The molecule has 0 aliphatic carbocycles. The van der Waals surface area contributed by atoms with Gasteiger partial charge in [-0.3, -0.25) is 14.5 Å². The first kappa shape index (κ1) is 18.2. The lowest BCUT2D eigenvalue weighted by molar-refractivity contribution is -0.127. The third-order valence-corrected chi connectivity index (χ3v) is 4.61. The molecule has 1 aromatic rings. The summed E-state index contributed by atoms with van der Waals surface area (Å²) in [6, 6.07) is 5.33. The minimum Gasteiger partial charge on any atom is -0.356 e. The van der Waals surface area contributed by atoms with Crippen molar-refractivity contribution in [3.63, 3.8) is 0 Å². The fourth-order valence-corrected chi connectivity index (χ4v) is 3.44. The molecule has 0 saturated carbocycles. The van der Waals surface area contributed by atoms with Gasteiger partial charge in [-0.15, -0.1) is 0 Å². The molecule has 0 spiro atoms.